The van der Waals surface area contributed by atoms with Crippen LogP contribution in [-0.4, -0.2) is 28.9 Å². The van der Waals surface area contributed by atoms with Crippen LogP contribution < -0.4 is 19.7 Å². The Bertz CT molecular complexity index is 1200. The minimum absolute atomic E-state index is 0.0664. The minimum Gasteiger partial charge on any atom is -0.497 e. The molecule has 35 heavy (non-hydrogen) atoms. The predicted molar refractivity (Wildman–Crippen MR) is 144 cm³/mol. The predicted octanol–water partition coefficient (Wildman–Crippen LogP) is 6.20. The van der Waals surface area contributed by atoms with E-state index in [4.69, 9.17) is 26.7 Å². The van der Waals surface area contributed by atoms with Gasteiger partial charge in [0.1, 0.15) is 11.5 Å². The summed E-state index contributed by atoms with van der Waals surface area (Å²) in [5.74, 6) is 1.47. The second kappa shape index (κ2) is 9.90. The topological polar surface area (TPSA) is 51.5 Å². The standard InChI is InChI=1S/C28H34N4O2S/c1-18-16-22(19(2)31(18)20-10-6-5-7-11-20)27-26(23-12-8-9-15-29-23)30-28(35)32(27)24-14-13-21(33-3)17-25(24)34-4/h8-9,12-17,20,26-27H,5-7,10-11H2,1-4H3,(H,30,35)/t26-,27+/m0/s1. The Kier molecular flexibility index (Phi) is 6.69. The summed E-state index contributed by atoms with van der Waals surface area (Å²) in [6, 6.07) is 14.7. The monoisotopic (exact) mass is 490 g/mol. The number of hydrogen-bond acceptors (Lipinski definition) is 4. The van der Waals surface area contributed by atoms with Gasteiger partial charge < -0.3 is 24.3 Å². The van der Waals surface area contributed by atoms with E-state index in [2.05, 4.69) is 40.8 Å². The number of methoxy groups -OCH3 is 2. The molecule has 0 unspecified atom stereocenters. The minimum atomic E-state index is -0.0872. The zero-order valence-electron chi connectivity index (χ0n) is 21.0. The molecule has 2 aromatic heterocycles. The molecule has 1 saturated carbocycles. The highest BCUT2D eigenvalue weighted by Gasteiger charge is 2.43. The van der Waals surface area contributed by atoms with Gasteiger partial charge in [0, 0.05) is 29.7 Å². The molecule has 5 rings (SSSR count). The van der Waals surface area contributed by atoms with Crippen LogP contribution in [0, 0.1) is 13.8 Å². The van der Waals surface area contributed by atoms with E-state index in [0.29, 0.717) is 11.2 Å². The van der Waals surface area contributed by atoms with Crippen molar-refractivity contribution >= 4 is 23.0 Å². The second-order valence-electron chi connectivity index (χ2n) is 9.52. The van der Waals surface area contributed by atoms with Crippen molar-refractivity contribution in [1.82, 2.24) is 14.9 Å². The maximum absolute atomic E-state index is 5.95. The number of ether oxygens (including phenoxy) is 2. The maximum Gasteiger partial charge on any atom is 0.174 e. The largest absolute Gasteiger partial charge is 0.497 e. The molecule has 7 heteroatoms. The van der Waals surface area contributed by atoms with Crippen molar-refractivity contribution in [1.29, 1.82) is 0 Å². The lowest BCUT2D eigenvalue weighted by Gasteiger charge is -2.30. The number of thiocarbonyl (C=S) groups is 1. The van der Waals surface area contributed by atoms with Crippen LogP contribution in [-0.2, 0) is 0 Å². The quantitative estimate of drug-likeness (QED) is 0.415. The van der Waals surface area contributed by atoms with Gasteiger partial charge in [0.2, 0.25) is 0 Å². The molecular formula is C28H34N4O2S. The molecule has 3 heterocycles. The lowest BCUT2D eigenvalue weighted by Crippen LogP contribution is -2.30. The third kappa shape index (κ3) is 4.27. The number of anilines is 1. The molecule has 184 valence electrons. The lowest BCUT2D eigenvalue weighted by molar-refractivity contribution is 0.345. The van der Waals surface area contributed by atoms with E-state index >= 15 is 0 Å². The van der Waals surface area contributed by atoms with Crippen LogP contribution in [0.5, 0.6) is 11.5 Å². The van der Waals surface area contributed by atoms with E-state index in [1.165, 1.54) is 49.1 Å². The van der Waals surface area contributed by atoms with Crippen LogP contribution in [0.1, 0.15) is 72.9 Å². The van der Waals surface area contributed by atoms with Crippen LogP contribution >= 0.6 is 12.2 Å². The van der Waals surface area contributed by atoms with Crippen molar-refractivity contribution in [2.24, 2.45) is 0 Å². The number of nitrogens with zero attached hydrogens (tertiary/aromatic N) is 3. The summed E-state index contributed by atoms with van der Waals surface area (Å²) in [7, 11) is 3.35. The zero-order valence-corrected chi connectivity index (χ0v) is 21.8. The Morgan fingerprint density at radius 2 is 1.80 bits per heavy atom. The van der Waals surface area contributed by atoms with Crippen molar-refractivity contribution < 1.29 is 9.47 Å². The summed E-state index contributed by atoms with van der Waals surface area (Å²) >= 11 is 5.95. The Balaban J connectivity index is 1.65. The van der Waals surface area contributed by atoms with Gasteiger partial charge in [0.25, 0.3) is 0 Å². The molecule has 6 nitrogen and oxygen atoms in total. The Morgan fingerprint density at radius 1 is 1.00 bits per heavy atom. The van der Waals surface area contributed by atoms with Gasteiger partial charge in [-0.15, -0.1) is 0 Å². The van der Waals surface area contributed by atoms with Crippen molar-refractivity contribution in [2.75, 3.05) is 19.1 Å². The van der Waals surface area contributed by atoms with Gasteiger partial charge in [0.05, 0.1) is 37.7 Å². The first-order valence-corrected chi connectivity index (χ1v) is 12.8. The third-order valence-electron chi connectivity index (χ3n) is 7.53. The SMILES string of the molecule is COc1ccc(N2C(=S)N[C@@H](c3ccccn3)[C@H]2c2cc(C)n(C3CCCCC3)c2C)c(OC)c1. The van der Waals surface area contributed by atoms with E-state index in [1.807, 2.05) is 36.5 Å². The number of benzene rings is 1. The van der Waals surface area contributed by atoms with Crippen molar-refractivity contribution in [2.45, 2.75) is 64.1 Å². The molecule has 2 aliphatic rings. The van der Waals surface area contributed by atoms with Crippen molar-refractivity contribution in [3.8, 4) is 11.5 Å². The summed E-state index contributed by atoms with van der Waals surface area (Å²) in [6.45, 7) is 4.50. The fourth-order valence-electron chi connectivity index (χ4n) is 5.92. The highest BCUT2D eigenvalue weighted by atomic mass is 32.1. The van der Waals surface area contributed by atoms with Gasteiger partial charge in [-0.05, 0) is 74.8 Å². The van der Waals surface area contributed by atoms with Crippen molar-refractivity contribution in [3.63, 3.8) is 0 Å². The molecule has 3 aromatic rings. The van der Waals surface area contributed by atoms with Crippen molar-refractivity contribution in [3.05, 3.63) is 71.3 Å². The smallest absolute Gasteiger partial charge is 0.174 e. The Labute approximate surface area is 213 Å². The van der Waals surface area contributed by atoms with E-state index < -0.39 is 0 Å². The number of rotatable bonds is 6. The molecular weight excluding hydrogens is 456 g/mol. The molecule has 2 fully saturated rings. The first-order chi connectivity index (χ1) is 17.0. The van der Waals surface area contributed by atoms with Crippen LogP contribution in [0.15, 0.2) is 48.7 Å². The van der Waals surface area contributed by atoms with Gasteiger partial charge in [0.15, 0.2) is 5.11 Å². The molecule has 1 saturated heterocycles. The molecule has 0 bridgehead atoms. The van der Waals surface area contributed by atoms with Gasteiger partial charge >= 0.3 is 0 Å². The highest BCUT2D eigenvalue weighted by Crippen LogP contribution is 2.47. The number of aromatic nitrogens is 2. The van der Waals surface area contributed by atoms with Crippen LogP contribution in [0.4, 0.5) is 5.69 Å². The molecule has 1 aromatic carbocycles. The van der Waals surface area contributed by atoms with Crippen LogP contribution in [0.25, 0.3) is 0 Å². The fraction of sp³-hybridized carbons (Fsp3) is 0.429. The number of pyridine rings is 1. The average molecular weight is 491 g/mol. The van der Waals surface area contributed by atoms with E-state index in [-0.39, 0.29) is 12.1 Å². The zero-order chi connectivity index (χ0) is 24.5. The van der Waals surface area contributed by atoms with Crippen LogP contribution in [0.3, 0.4) is 0 Å². The normalized spacial score (nSPS) is 20.7. The fourth-order valence-corrected chi connectivity index (χ4v) is 6.26. The van der Waals surface area contributed by atoms with Crippen LogP contribution in [0.2, 0.25) is 0 Å². The molecule has 1 aliphatic heterocycles. The first-order valence-electron chi connectivity index (χ1n) is 12.4. The molecule has 0 radical (unpaired) electrons. The molecule has 0 spiro atoms. The molecule has 0 amide bonds. The molecule has 2 atom stereocenters. The lowest BCUT2D eigenvalue weighted by atomic mass is 9.94. The second-order valence-corrected chi connectivity index (χ2v) is 9.91. The summed E-state index contributed by atoms with van der Waals surface area (Å²) in [5.41, 5.74) is 5.77. The molecule has 1 N–H and O–H groups in total. The van der Waals surface area contributed by atoms with E-state index in [9.17, 15) is 0 Å². The van der Waals surface area contributed by atoms with E-state index in [0.717, 1.165) is 22.9 Å². The summed E-state index contributed by atoms with van der Waals surface area (Å²) in [6.07, 6.45) is 8.29. The van der Waals surface area contributed by atoms with Gasteiger partial charge in [-0.3, -0.25) is 4.98 Å². The average Bonchev–Trinajstić information content (AvgIpc) is 3.39. The summed E-state index contributed by atoms with van der Waals surface area (Å²) in [4.78, 5) is 6.91. The molecule has 1 aliphatic carbocycles. The Hall–Kier alpha value is -3.06. The first kappa shape index (κ1) is 23.7. The summed E-state index contributed by atoms with van der Waals surface area (Å²) in [5, 5.41) is 4.25. The van der Waals surface area contributed by atoms with E-state index in [1.54, 1.807) is 14.2 Å². The van der Waals surface area contributed by atoms with Gasteiger partial charge in [-0.1, -0.05) is 25.3 Å². The van der Waals surface area contributed by atoms with Gasteiger partial charge in [-0.2, -0.15) is 0 Å². The third-order valence-corrected chi connectivity index (χ3v) is 7.84. The number of aryl methyl sites for hydroxylation is 1. The number of nitrogens with one attached hydrogen (secondary N) is 1. The van der Waals surface area contributed by atoms with Gasteiger partial charge in [-0.25, -0.2) is 0 Å². The maximum atomic E-state index is 5.95. The number of hydrogen-bond donors (Lipinski definition) is 1. The highest BCUT2D eigenvalue weighted by molar-refractivity contribution is 7.80. The Morgan fingerprint density at radius 3 is 2.49 bits per heavy atom. The summed E-state index contributed by atoms with van der Waals surface area (Å²) < 4.78 is 13.8.